The van der Waals surface area contributed by atoms with Crippen molar-refractivity contribution in [3.05, 3.63) is 0 Å². The summed E-state index contributed by atoms with van der Waals surface area (Å²) >= 11 is 0. The van der Waals surface area contributed by atoms with Crippen LogP contribution in [0.3, 0.4) is 0 Å². The Labute approximate surface area is 85.5 Å². The van der Waals surface area contributed by atoms with Crippen LogP contribution in [0.4, 0.5) is 0 Å². The van der Waals surface area contributed by atoms with Gasteiger partial charge in [-0.25, -0.2) is 0 Å². The van der Waals surface area contributed by atoms with E-state index in [-0.39, 0.29) is 12.5 Å². The van der Waals surface area contributed by atoms with Gasteiger partial charge in [0, 0.05) is 32.6 Å². The van der Waals surface area contributed by atoms with Gasteiger partial charge in [-0.05, 0) is 13.0 Å². The van der Waals surface area contributed by atoms with Crippen LogP contribution in [0.5, 0.6) is 0 Å². The van der Waals surface area contributed by atoms with E-state index >= 15 is 0 Å². The molecule has 0 bridgehead atoms. The molecule has 1 N–H and O–H groups in total. The lowest BCUT2D eigenvalue weighted by Gasteiger charge is -2.23. The molecule has 1 heterocycles. The van der Waals surface area contributed by atoms with Crippen LogP contribution in [0, 0.1) is 0 Å². The van der Waals surface area contributed by atoms with Crippen molar-refractivity contribution in [2.24, 2.45) is 0 Å². The number of aliphatic hydroxyl groups is 1. The van der Waals surface area contributed by atoms with E-state index in [9.17, 15) is 4.79 Å². The summed E-state index contributed by atoms with van der Waals surface area (Å²) in [6.45, 7) is 6.51. The summed E-state index contributed by atoms with van der Waals surface area (Å²) in [5, 5.41) is 8.79. The van der Waals surface area contributed by atoms with Crippen molar-refractivity contribution in [1.29, 1.82) is 0 Å². The third-order valence-electron chi connectivity index (χ3n) is 2.72. The van der Waals surface area contributed by atoms with Gasteiger partial charge < -0.3 is 10.0 Å². The number of aliphatic hydroxyl groups excluding tert-OH is 1. The van der Waals surface area contributed by atoms with Crippen molar-refractivity contribution in [3.63, 3.8) is 0 Å². The second-order valence-corrected chi connectivity index (χ2v) is 3.64. The quantitative estimate of drug-likeness (QED) is 0.652. The fourth-order valence-corrected chi connectivity index (χ4v) is 1.77. The van der Waals surface area contributed by atoms with Crippen molar-refractivity contribution in [2.45, 2.75) is 19.8 Å². The fourth-order valence-electron chi connectivity index (χ4n) is 1.77. The van der Waals surface area contributed by atoms with Crippen molar-refractivity contribution in [1.82, 2.24) is 9.80 Å². The number of rotatable bonds is 6. The lowest BCUT2D eigenvalue weighted by Crippen LogP contribution is -2.37. The Morgan fingerprint density at radius 1 is 1.50 bits per heavy atom. The molecule has 0 aliphatic carbocycles. The summed E-state index contributed by atoms with van der Waals surface area (Å²) < 4.78 is 0. The molecule has 1 aliphatic heterocycles. The summed E-state index contributed by atoms with van der Waals surface area (Å²) in [7, 11) is 0. The highest BCUT2D eigenvalue weighted by Gasteiger charge is 2.19. The minimum atomic E-state index is 0.196. The van der Waals surface area contributed by atoms with E-state index in [2.05, 4.69) is 11.8 Å². The zero-order valence-corrected chi connectivity index (χ0v) is 8.91. The van der Waals surface area contributed by atoms with Crippen LogP contribution in [0.1, 0.15) is 19.8 Å². The highest BCUT2D eigenvalue weighted by molar-refractivity contribution is 5.78. The number of amides is 1. The van der Waals surface area contributed by atoms with Gasteiger partial charge in [0.25, 0.3) is 0 Å². The topological polar surface area (TPSA) is 43.8 Å². The zero-order chi connectivity index (χ0) is 10.4. The summed E-state index contributed by atoms with van der Waals surface area (Å²) in [6.07, 6.45) is 1.72. The molecule has 0 aromatic carbocycles. The molecule has 0 spiro atoms. The van der Waals surface area contributed by atoms with Gasteiger partial charge in [-0.3, -0.25) is 9.69 Å². The molecule has 14 heavy (non-hydrogen) atoms. The number of hydrogen-bond acceptors (Lipinski definition) is 3. The molecule has 4 nitrogen and oxygen atoms in total. The summed E-state index contributed by atoms with van der Waals surface area (Å²) in [4.78, 5) is 15.4. The van der Waals surface area contributed by atoms with E-state index in [1.165, 1.54) is 0 Å². The molecule has 0 radical (unpaired) electrons. The zero-order valence-electron chi connectivity index (χ0n) is 8.91. The second-order valence-electron chi connectivity index (χ2n) is 3.64. The normalized spacial score (nSPS) is 17.1. The summed E-state index contributed by atoms with van der Waals surface area (Å²) in [5.41, 5.74) is 0. The molecule has 0 atom stereocenters. The molecule has 0 aromatic rings. The Bertz CT molecular complexity index is 185. The van der Waals surface area contributed by atoms with E-state index in [0.29, 0.717) is 13.0 Å². The van der Waals surface area contributed by atoms with Crippen LogP contribution in [-0.2, 0) is 4.79 Å². The minimum Gasteiger partial charge on any atom is -0.395 e. The van der Waals surface area contributed by atoms with Crippen molar-refractivity contribution < 1.29 is 9.90 Å². The van der Waals surface area contributed by atoms with Gasteiger partial charge in [0.15, 0.2) is 0 Å². The summed E-state index contributed by atoms with van der Waals surface area (Å²) in [5.74, 6) is 0.282. The minimum absolute atomic E-state index is 0.196. The lowest BCUT2D eigenvalue weighted by atomic mass is 10.4. The molecule has 82 valence electrons. The number of carbonyl (C=O) groups excluding carboxylic acids is 1. The van der Waals surface area contributed by atoms with Gasteiger partial charge >= 0.3 is 0 Å². The highest BCUT2D eigenvalue weighted by atomic mass is 16.3. The first-order valence-electron chi connectivity index (χ1n) is 5.39. The lowest BCUT2D eigenvalue weighted by molar-refractivity contribution is -0.127. The molecule has 0 aromatic heterocycles. The molecule has 1 amide bonds. The van der Waals surface area contributed by atoms with Crippen molar-refractivity contribution in [2.75, 3.05) is 39.3 Å². The number of hydrogen-bond donors (Lipinski definition) is 1. The average molecular weight is 200 g/mol. The molecule has 1 aliphatic rings. The van der Waals surface area contributed by atoms with Crippen molar-refractivity contribution >= 4 is 5.91 Å². The molecular formula is C10H20N2O2. The van der Waals surface area contributed by atoms with Gasteiger partial charge in [-0.2, -0.15) is 0 Å². The molecule has 0 saturated carbocycles. The first-order valence-corrected chi connectivity index (χ1v) is 5.39. The Morgan fingerprint density at radius 3 is 2.79 bits per heavy atom. The predicted octanol–water partition coefficient (Wildman–Crippen LogP) is -0.0770. The SMILES string of the molecule is CCN(CCO)CCN1CCCC1=O. The third-order valence-corrected chi connectivity index (χ3v) is 2.72. The van der Waals surface area contributed by atoms with Crippen LogP contribution in [0.2, 0.25) is 0 Å². The number of carbonyl (C=O) groups is 1. The summed E-state index contributed by atoms with van der Waals surface area (Å²) in [6, 6.07) is 0. The molecule has 1 rings (SSSR count). The van der Waals surface area contributed by atoms with E-state index in [1.807, 2.05) is 4.90 Å². The molecule has 1 fully saturated rings. The van der Waals surface area contributed by atoms with Crippen LogP contribution in [-0.4, -0.2) is 60.1 Å². The Morgan fingerprint density at radius 2 is 2.29 bits per heavy atom. The molecular weight excluding hydrogens is 180 g/mol. The number of likely N-dealkylation sites (tertiary alicyclic amines) is 1. The first-order chi connectivity index (χ1) is 6.77. The molecule has 1 saturated heterocycles. The van der Waals surface area contributed by atoms with Crippen LogP contribution in [0.15, 0.2) is 0 Å². The first kappa shape index (κ1) is 11.5. The third kappa shape index (κ3) is 3.27. The van der Waals surface area contributed by atoms with Crippen LogP contribution >= 0.6 is 0 Å². The highest BCUT2D eigenvalue weighted by Crippen LogP contribution is 2.08. The monoisotopic (exact) mass is 200 g/mol. The van der Waals surface area contributed by atoms with Gasteiger partial charge in [0.05, 0.1) is 6.61 Å². The Kier molecular flexibility index (Phi) is 4.90. The Hall–Kier alpha value is -0.610. The van der Waals surface area contributed by atoms with Gasteiger partial charge in [0.1, 0.15) is 0 Å². The van der Waals surface area contributed by atoms with Gasteiger partial charge in [-0.15, -0.1) is 0 Å². The van der Waals surface area contributed by atoms with Gasteiger partial charge in [-0.1, -0.05) is 6.92 Å². The maximum Gasteiger partial charge on any atom is 0.222 e. The maximum atomic E-state index is 11.3. The predicted molar refractivity (Wildman–Crippen MR) is 55.0 cm³/mol. The number of likely N-dealkylation sites (N-methyl/N-ethyl adjacent to an activating group) is 1. The van der Waals surface area contributed by atoms with E-state index < -0.39 is 0 Å². The fraction of sp³-hybridized carbons (Fsp3) is 0.900. The largest absolute Gasteiger partial charge is 0.395 e. The van der Waals surface area contributed by atoms with E-state index in [4.69, 9.17) is 5.11 Å². The molecule has 0 unspecified atom stereocenters. The van der Waals surface area contributed by atoms with Gasteiger partial charge in [0.2, 0.25) is 5.91 Å². The van der Waals surface area contributed by atoms with Crippen molar-refractivity contribution in [3.8, 4) is 0 Å². The standard InChI is InChI=1S/C10H20N2O2/c1-2-11(8-9-13)6-7-12-5-3-4-10(12)14/h13H,2-9H2,1H3. The smallest absolute Gasteiger partial charge is 0.222 e. The van der Waals surface area contributed by atoms with Crippen LogP contribution in [0.25, 0.3) is 0 Å². The van der Waals surface area contributed by atoms with E-state index in [0.717, 1.165) is 32.6 Å². The number of nitrogens with zero attached hydrogens (tertiary/aromatic N) is 2. The maximum absolute atomic E-state index is 11.3. The average Bonchev–Trinajstić information content (AvgIpc) is 2.59. The molecule has 4 heteroatoms. The second kappa shape index (κ2) is 5.98. The Balaban J connectivity index is 2.20. The van der Waals surface area contributed by atoms with E-state index in [1.54, 1.807) is 0 Å². The van der Waals surface area contributed by atoms with Crippen LogP contribution < -0.4 is 0 Å².